The van der Waals surface area contributed by atoms with Crippen molar-refractivity contribution >= 4 is 52.0 Å². The highest BCUT2D eigenvalue weighted by atomic mass is 16.4. The number of nitrogens with two attached hydrogens (primary N) is 1. The van der Waals surface area contributed by atoms with Crippen LogP contribution in [-0.2, 0) is 14.4 Å². The number of amides is 3. The van der Waals surface area contributed by atoms with E-state index in [1.54, 1.807) is 11.9 Å². The first-order valence-corrected chi connectivity index (χ1v) is 14.0. The number of fused-ring (bicyclic) bond motifs is 1. The third-order valence-electron chi connectivity index (χ3n) is 7.76. The molecule has 0 bridgehead atoms. The van der Waals surface area contributed by atoms with E-state index in [2.05, 4.69) is 22.2 Å². The first-order valence-electron chi connectivity index (χ1n) is 14.0. The molecule has 11 heteroatoms. The van der Waals surface area contributed by atoms with Crippen LogP contribution in [0.2, 0.25) is 0 Å². The van der Waals surface area contributed by atoms with Crippen molar-refractivity contribution in [2.24, 2.45) is 5.73 Å². The van der Waals surface area contributed by atoms with E-state index in [0.29, 0.717) is 29.1 Å². The normalized spacial score (nSPS) is 16.5. The summed E-state index contributed by atoms with van der Waals surface area (Å²) >= 11 is 0. The van der Waals surface area contributed by atoms with E-state index in [0.717, 1.165) is 36.8 Å². The average molecular weight is 583 g/mol. The van der Waals surface area contributed by atoms with Gasteiger partial charge >= 0.3 is 5.97 Å². The second-order valence-corrected chi connectivity index (χ2v) is 10.6. The Labute approximate surface area is 249 Å². The maximum atomic E-state index is 13.8. The Morgan fingerprint density at radius 2 is 1.60 bits per heavy atom. The number of likely N-dealkylation sites (N-methyl/N-ethyl adjacent to an activating group) is 2. The van der Waals surface area contributed by atoms with Gasteiger partial charge in [-0.05, 0) is 49.0 Å². The average Bonchev–Trinajstić information content (AvgIpc) is 3.31. The number of imide groups is 1. The molecular formula is C32H34N6O5. The molecule has 2 heterocycles. The number of carbonyl (C=O) groups excluding carboxylic acids is 3. The predicted molar refractivity (Wildman–Crippen MR) is 166 cm³/mol. The minimum absolute atomic E-state index is 0.00379. The first-order chi connectivity index (χ1) is 20.7. The number of carboxylic acids is 1. The smallest absolute Gasteiger partial charge is 0.335 e. The molecule has 3 aromatic rings. The van der Waals surface area contributed by atoms with Gasteiger partial charge in [0, 0.05) is 50.2 Å². The third kappa shape index (κ3) is 6.19. The van der Waals surface area contributed by atoms with Gasteiger partial charge < -0.3 is 26.0 Å². The van der Waals surface area contributed by atoms with Gasteiger partial charge in [-0.25, -0.2) is 9.69 Å². The van der Waals surface area contributed by atoms with Gasteiger partial charge in [0.05, 0.1) is 35.6 Å². The zero-order valence-corrected chi connectivity index (χ0v) is 24.1. The van der Waals surface area contributed by atoms with Crippen LogP contribution in [0.3, 0.4) is 0 Å². The van der Waals surface area contributed by atoms with E-state index in [1.165, 1.54) is 18.2 Å². The van der Waals surface area contributed by atoms with Gasteiger partial charge in [0.25, 0.3) is 5.91 Å². The number of rotatable bonds is 8. The molecule has 2 aliphatic heterocycles. The van der Waals surface area contributed by atoms with Crippen molar-refractivity contribution in [2.75, 3.05) is 68.5 Å². The Bertz CT molecular complexity index is 1580. The minimum atomic E-state index is -1.18. The Kier molecular flexibility index (Phi) is 8.67. The summed E-state index contributed by atoms with van der Waals surface area (Å²) in [5.41, 5.74) is 8.85. The van der Waals surface area contributed by atoms with Gasteiger partial charge in [-0.3, -0.25) is 19.3 Å². The second-order valence-electron chi connectivity index (χ2n) is 10.6. The van der Waals surface area contributed by atoms with Crippen LogP contribution in [0.4, 0.5) is 17.1 Å². The molecule has 0 saturated carbocycles. The van der Waals surface area contributed by atoms with Gasteiger partial charge in [0.15, 0.2) is 0 Å². The molecule has 11 nitrogen and oxygen atoms in total. The van der Waals surface area contributed by atoms with Gasteiger partial charge in [-0.15, -0.1) is 0 Å². The zero-order valence-electron chi connectivity index (χ0n) is 24.1. The third-order valence-corrected chi connectivity index (χ3v) is 7.76. The summed E-state index contributed by atoms with van der Waals surface area (Å²) in [7, 11) is 3.83. The topological polar surface area (TPSA) is 140 Å². The van der Waals surface area contributed by atoms with Crippen molar-refractivity contribution in [2.45, 2.75) is 0 Å². The molecule has 2 aliphatic rings. The number of carboxylic acid groups (broad SMARTS) is 1. The van der Waals surface area contributed by atoms with Crippen LogP contribution >= 0.6 is 0 Å². The molecule has 1 fully saturated rings. The minimum Gasteiger partial charge on any atom is -0.478 e. The van der Waals surface area contributed by atoms with Crippen LogP contribution in [0, 0.1) is 0 Å². The molecule has 0 radical (unpaired) electrons. The molecule has 0 aromatic heterocycles. The van der Waals surface area contributed by atoms with E-state index >= 15 is 0 Å². The zero-order chi connectivity index (χ0) is 30.7. The molecule has 43 heavy (non-hydrogen) atoms. The lowest BCUT2D eigenvalue weighted by molar-refractivity contribution is -0.123. The number of benzene rings is 3. The molecule has 0 aliphatic carbocycles. The fourth-order valence-electron chi connectivity index (χ4n) is 5.22. The van der Waals surface area contributed by atoms with Crippen molar-refractivity contribution in [3.63, 3.8) is 0 Å². The number of hydrogen-bond acceptors (Lipinski definition) is 8. The van der Waals surface area contributed by atoms with Gasteiger partial charge in [-0.2, -0.15) is 0 Å². The monoisotopic (exact) mass is 582 g/mol. The SMILES string of the molecule is CN1CCN(CC(=O)N(C)c2ccc(NC(=C3C(=O)N(C(=O)CN)c4cc(C(=O)O)ccc43)c3ccccc3)cc2)CC1. The lowest BCUT2D eigenvalue weighted by Crippen LogP contribution is -2.48. The molecular weight excluding hydrogens is 548 g/mol. The number of aromatic carboxylic acids is 1. The summed E-state index contributed by atoms with van der Waals surface area (Å²) in [4.78, 5) is 58.2. The lowest BCUT2D eigenvalue weighted by Gasteiger charge is -2.32. The molecule has 0 unspecified atom stereocenters. The second kappa shape index (κ2) is 12.6. The Balaban J connectivity index is 1.47. The van der Waals surface area contributed by atoms with Crippen LogP contribution < -0.4 is 20.9 Å². The Morgan fingerprint density at radius 1 is 0.930 bits per heavy atom. The number of anilines is 3. The van der Waals surface area contributed by atoms with E-state index in [-0.39, 0.29) is 22.7 Å². The van der Waals surface area contributed by atoms with Crippen LogP contribution in [0.1, 0.15) is 21.5 Å². The fraction of sp³-hybridized carbons (Fsp3) is 0.250. The highest BCUT2D eigenvalue weighted by molar-refractivity contribution is 6.44. The Morgan fingerprint density at radius 3 is 2.23 bits per heavy atom. The quantitative estimate of drug-likeness (QED) is 0.342. The molecule has 4 N–H and O–H groups in total. The lowest BCUT2D eigenvalue weighted by atomic mass is 9.99. The summed E-state index contributed by atoms with van der Waals surface area (Å²) in [6.07, 6.45) is 0. The van der Waals surface area contributed by atoms with Gasteiger partial charge in [0.1, 0.15) is 0 Å². The summed E-state index contributed by atoms with van der Waals surface area (Å²) in [6, 6.07) is 20.7. The molecule has 222 valence electrons. The predicted octanol–water partition coefficient (Wildman–Crippen LogP) is 2.41. The Hall–Kier alpha value is -4.84. The summed E-state index contributed by atoms with van der Waals surface area (Å²) in [6.45, 7) is 3.49. The molecule has 0 atom stereocenters. The summed E-state index contributed by atoms with van der Waals surface area (Å²) in [5.74, 6) is -2.44. The van der Waals surface area contributed by atoms with Crippen molar-refractivity contribution in [3.8, 4) is 0 Å². The van der Waals surface area contributed by atoms with Crippen LogP contribution in [-0.4, -0.2) is 92.0 Å². The van der Waals surface area contributed by atoms with Crippen LogP contribution in [0.5, 0.6) is 0 Å². The number of nitrogens with zero attached hydrogens (tertiary/aromatic N) is 4. The van der Waals surface area contributed by atoms with Crippen molar-refractivity contribution in [1.29, 1.82) is 0 Å². The standard InChI is InChI=1S/C32H34N6O5/c1-35-14-16-37(17-15-35)20-28(40)36(2)24-11-9-23(10-12-24)34-30(21-6-4-3-5-7-21)29-25-13-8-22(32(42)43)18-26(25)38(31(29)41)27(39)19-33/h3-13,18,34H,14-17,19-20,33H2,1-2H3,(H,42,43). The molecule has 3 aromatic carbocycles. The molecule has 0 spiro atoms. The number of piperazine rings is 1. The maximum absolute atomic E-state index is 13.8. The van der Waals surface area contributed by atoms with E-state index in [9.17, 15) is 24.3 Å². The first kappa shape index (κ1) is 29.6. The summed E-state index contributed by atoms with van der Waals surface area (Å²) in [5, 5.41) is 12.9. The van der Waals surface area contributed by atoms with Crippen LogP contribution in [0.15, 0.2) is 72.8 Å². The van der Waals surface area contributed by atoms with Crippen molar-refractivity contribution < 1.29 is 24.3 Å². The highest BCUT2D eigenvalue weighted by Gasteiger charge is 2.39. The molecule has 1 saturated heterocycles. The number of hydrogen-bond donors (Lipinski definition) is 3. The van der Waals surface area contributed by atoms with Crippen molar-refractivity contribution in [1.82, 2.24) is 9.80 Å². The molecule has 3 amide bonds. The van der Waals surface area contributed by atoms with E-state index in [1.807, 2.05) is 54.6 Å². The number of nitrogens with one attached hydrogen (secondary N) is 1. The van der Waals surface area contributed by atoms with Crippen LogP contribution in [0.25, 0.3) is 11.3 Å². The highest BCUT2D eigenvalue weighted by Crippen LogP contribution is 2.42. The molecule has 5 rings (SSSR count). The van der Waals surface area contributed by atoms with Gasteiger partial charge in [0.2, 0.25) is 11.8 Å². The largest absolute Gasteiger partial charge is 0.478 e. The van der Waals surface area contributed by atoms with Crippen molar-refractivity contribution in [3.05, 3.63) is 89.5 Å². The summed E-state index contributed by atoms with van der Waals surface area (Å²) < 4.78 is 0. The maximum Gasteiger partial charge on any atom is 0.335 e. The van der Waals surface area contributed by atoms with E-state index < -0.39 is 24.3 Å². The van der Waals surface area contributed by atoms with E-state index in [4.69, 9.17) is 5.73 Å². The number of carbonyl (C=O) groups is 4. The fourth-order valence-corrected chi connectivity index (χ4v) is 5.22. The van der Waals surface area contributed by atoms with Gasteiger partial charge in [-0.1, -0.05) is 36.4 Å².